The van der Waals surface area contributed by atoms with Crippen molar-refractivity contribution in [3.05, 3.63) is 0 Å². The first-order valence-electron chi connectivity index (χ1n) is 4.39. The predicted molar refractivity (Wildman–Crippen MR) is 50.2 cm³/mol. The van der Waals surface area contributed by atoms with Gasteiger partial charge in [-0.05, 0) is 26.4 Å². The molecule has 0 aliphatic rings. The molecule has 2 amide bonds. The molecular weight excluding hydrogens is 170 g/mol. The van der Waals surface area contributed by atoms with Crippen molar-refractivity contribution in [2.75, 3.05) is 26.7 Å². The van der Waals surface area contributed by atoms with Gasteiger partial charge in [0.1, 0.15) is 0 Å². The molecule has 0 spiro atoms. The molecule has 0 saturated heterocycles. The zero-order valence-corrected chi connectivity index (χ0v) is 7.93. The number of hydrogen-bond donors (Lipinski definition) is 3. The van der Waals surface area contributed by atoms with Crippen LogP contribution in [0.1, 0.15) is 12.8 Å². The molecule has 0 aromatic heterocycles. The minimum absolute atomic E-state index is 0.0650. The quantitative estimate of drug-likeness (QED) is 0.332. The molecule has 5 heteroatoms. The Bertz CT molecular complexity index is 150. The lowest BCUT2D eigenvalue weighted by Gasteiger charge is -2.03. The van der Waals surface area contributed by atoms with E-state index in [-0.39, 0.29) is 12.5 Å². The van der Waals surface area contributed by atoms with Crippen LogP contribution in [0.15, 0.2) is 0 Å². The zero-order chi connectivity index (χ0) is 9.94. The average molecular weight is 187 g/mol. The van der Waals surface area contributed by atoms with E-state index >= 15 is 0 Å². The second-order valence-corrected chi connectivity index (χ2v) is 2.66. The highest BCUT2D eigenvalue weighted by atomic mass is 16.2. The molecule has 0 aromatic rings. The molecule has 3 N–H and O–H groups in total. The van der Waals surface area contributed by atoms with Crippen LogP contribution in [0.4, 0.5) is 0 Å². The van der Waals surface area contributed by atoms with Gasteiger partial charge in [0.05, 0.1) is 6.54 Å². The van der Waals surface area contributed by atoms with E-state index < -0.39 is 0 Å². The van der Waals surface area contributed by atoms with Gasteiger partial charge in [0.25, 0.3) is 0 Å². The van der Waals surface area contributed by atoms with Crippen molar-refractivity contribution in [1.82, 2.24) is 16.0 Å². The molecule has 0 bridgehead atoms. The normalized spacial score (nSPS) is 9.31. The number of amides is 2. The van der Waals surface area contributed by atoms with Gasteiger partial charge in [0.2, 0.25) is 12.3 Å². The van der Waals surface area contributed by atoms with Crippen molar-refractivity contribution in [1.29, 1.82) is 0 Å². The van der Waals surface area contributed by atoms with E-state index in [0.29, 0.717) is 13.0 Å². The van der Waals surface area contributed by atoms with Crippen molar-refractivity contribution in [2.24, 2.45) is 0 Å². The summed E-state index contributed by atoms with van der Waals surface area (Å²) in [5, 5.41) is 8.00. The summed E-state index contributed by atoms with van der Waals surface area (Å²) in [4.78, 5) is 20.7. The lowest BCUT2D eigenvalue weighted by atomic mass is 10.3. The largest absolute Gasteiger partial charge is 0.355 e. The fourth-order valence-electron chi connectivity index (χ4n) is 0.851. The second-order valence-electron chi connectivity index (χ2n) is 2.66. The Morgan fingerprint density at radius 2 is 2.00 bits per heavy atom. The topological polar surface area (TPSA) is 70.2 Å². The van der Waals surface area contributed by atoms with E-state index in [1.807, 2.05) is 7.05 Å². The van der Waals surface area contributed by atoms with E-state index in [2.05, 4.69) is 16.0 Å². The number of carbonyl (C=O) groups is 2. The highest BCUT2D eigenvalue weighted by molar-refractivity contribution is 5.79. The molecule has 0 rings (SSSR count). The summed E-state index contributed by atoms with van der Waals surface area (Å²) in [5.74, 6) is -0.142. The summed E-state index contributed by atoms with van der Waals surface area (Å²) in [6.45, 7) is 1.69. The van der Waals surface area contributed by atoms with Gasteiger partial charge < -0.3 is 16.0 Å². The van der Waals surface area contributed by atoms with Gasteiger partial charge in [0.15, 0.2) is 0 Å². The second kappa shape index (κ2) is 8.99. The van der Waals surface area contributed by atoms with Crippen LogP contribution in [-0.2, 0) is 9.59 Å². The van der Waals surface area contributed by atoms with Crippen molar-refractivity contribution in [3.63, 3.8) is 0 Å². The van der Waals surface area contributed by atoms with Crippen molar-refractivity contribution in [3.8, 4) is 0 Å². The van der Waals surface area contributed by atoms with Crippen molar-refractivity contribution < 1.29 is 9.59 Å². The molecule has 5 nitrogen and oxygen atoms in total. The maximum atomic E-state index is 10.9. The van der Waals surface area contributed by atoms with E-state index in [4.69, 9.17) is 0 Å². The Morgan fingerprint density at radius 3 is 2.62 bits per heavy atom. The van der Waals surface area contributed by atoms with Gasteiger partial charge in [0, 0.05) is 6.54 Å². The van der Waals surface area contributed by atoms with Crippen LogP contribution < -0.4 is 16.0 Å². The molecule has 0 radical (unpaired) electrons. The Hall–Kier alpha value is -1.10. The maximum absolute atomic E-state index is 10.9. The minimum Gasteiger partial charge on any atom is -0.355 e. The molecular formula is C8H17N3O2. The minimum atomic E-state index is -0.142. The van der Waals surface area contributed by atoms with Gasteiger partial charge in [-0.25, -0.2) is 0 Å². The number of rotatable bonds is 8. The zero-order valence-electron chi connectivity index (χ0n) is 7.93. The van der Waals surface area contributed by atoms with Crippen LogP contribution >= 0.6 is 0 Å². The van der Waals surface area contributed by atoms with Crippen LogP contribution in [0.3, 0.4) is 0 Å². The molecule has 0 heterocycles. The Balaban J connectivity index is 3.12. The first-order chi connectivity index (χ1) is 6.31. The molecule has 0 aromatic carbocycles. The Kier molecular flexibility index (Phi) is 8.23. The summed E-state index contributed by atoms with van der Waals surface area (Å²) in [6.07, 6.45) is 2.51. The molecule has 0 unspecified atom stereocenters. The number of unbranched alkanes of at least 4 members (excludes halogenated alkanes) is 1. The first kappa shape index (κ1) is 11.9. The number of hydrogen-bond acceptors (Lipinski definition) is 3. The van der Waals surface area contributed by atoms with Crippen molar-refractivity contribution >= 4 is 12.3 Å². The van der Waals surface area contributed by atoms with E-state index in [0.717, 1.165) is 19.4 Å². The van der Waals surface area contributed by atoms with Crippen LogP contribution in [0, 0.1) is 0 Å². The van der Waals surface area contributed by atoms with E-state index in [1.165, 1.54) is 0 Å². The predicted octanol–water partition coefficient (Wildman–Crippen LogP) is -1.15. The monoisotopic (exact) mass is 187 g/mol. The molecule has 0 fully saturated rings. The van der Waals surface area contributed by atoms with E-state index in [1.54, 1.807) is 0 Å². The average Bonchev–Trinajstić information content (AvgIpc) is 2.14. The third-order valence-electron chi connectivity index (χ3n) is 1.52. The molecule has 0 saturated carbocycles. The van der Waals surface area contributed by atoms with Gasteiger partial charge in [-0.1, -0.05) is 0 Å². The fraction of sp³-hybridized carbons (Fsp3) is 0.750. The summed E-state index contributed by atoms with van der Waals surface area (Å²) >= 11 is 0. The van der Waals surface area contributed by atoms with Crippen LogP contribution in [0.25, 0.3) is 0 Å². The van der Waals surface area contributed by atoms with Crippen molar-refractivity contribution in [2.45, 2.75) is 12.8 Å². The van der Waals surface area contributed by atoms with Gasteiger partial charge in [-0.2, -0.15) is 0 Å². The Morgan fingerprint density at radius 1 is 1.31 bits per heavy atom. The summed E-state index contributed by atoms with van der Waals surface area (Å²) in [5.41, 5.74) is 0. The molecule has 13 heavy (non-hydrogen) atoms. The summed E-state index contributed by atoms with van der Waals surface area (Å²) < 4.78 is 0. The van der Waals surface area contributed by atoms with Crippen LogP contribution in [-0.4, -0.2) is 39.0 Å². The molecule has 76 valence electrons. The van der Waals surface area contributed by atoms with Crippen LogP contribution in [0.2, 0.25) is 0 Å². The molecule has 0 atom stereocenters. The highest BCUT2D eigenvalue weighted by Gasteiger charge is 1.97. The lowest BCUT2D eigenvalue weighted by Crippen LogP contribution is -2.33. The highest BCUT2D eigenvalue weighted by Crippen LogP contribution is 1.83. The summed E-state index contributed by atoms with van der Waals surface area (Å²) in [6, 6.07) is 0. The number of nitrogens with one attached hydrogen (secondary N) is 3. The smallest absolute Gasteiger partial charge is 0.239 e. The third kappa shape index (κ3) is 8.81. The van der Waals surface area contributed by atoms with Gasteiger partial charge in [-0.3, -0.25) is 9.59 Å². The fourth-order valence-corrected chi connectivity index (χ4v) is 0.851. The third-order valence-corrected chi connectivity index (χ3v) is 1.52. The lowest BCUT2D eigenvalue weighted by molar-refractivity contribution is -0.122. The molecule has 0 aliphatic heterocycles. The van der Waals surface area contributed by atoms with Gasteiger partial charge in [-0.15, -0.1) is 0 Å². The number of carbonyl (C=O) groups excluding carboxylic acids is 2. The van der Waals surface area contributed by atoms with Crippen LogP contribution in [0.5, 0.6) is 0 Å². The standard InChI is InChI=1S/C8H17N3O2/c1-9-4-2-3-5-11-8(13)6-10-7-12/h7,9H,2-6H2,1H3,(H,10,12)(H,11,13). The molecule has 0 aliphatic carbocycles. The SMILES string of the molecule is CNCCCCNC(=O)CNC=O. The summed E-state index contributed by atoms with van der Waals surface area (Å²) in [7, 11) is 1.90. The van der Waals surface area contributed by atoms with E-state index in [9.17, 15) is 9.59 Å². The Labute approximate surface area is 78.3 Å². The van der Waals surface area contributed by atoms with Gasteiger partial charge >= 0.3 is 0 Å². The maximum Gasteiger partial charge on any atom is 0.239 e. The first-order valence-corrected chi connectivity index (χ1v) is 4.39.